The van der Waals surface area contributed by atoms with E-state index in [4.69, 9.17) is 10.2 Å². The van der Waals surface area contributed by atoms with Gasteiger partial charge in [-0.25, -0.2) is 0 Å². The molecule has 0 heterocycles. The fourth-order valence-corrected chi connectivity index (χ4v) is 1.04. The second kappa shape index (κ2) is 7.63. The molecule has 0 atom stereocenters. The van der Waals surface area contributed by atoms with Gasteiger partial charge in [0.25, 0.3) is 0 Å². The van der Waals surface area contributed by atoms with Gasteiger partial charge < -0.3 is 20.4 Å². The number of aliphatic carboxylic acids is 2. The zero-order valence-corrected chi connectivity index (χ0v) is 9.10. The molecule has 0 spiro atoms. The summed E-state index contributed by atoms with van der Waals surface area (Å²) in [5.41, 5.74) is 0. The molecular weight excluding hydrogens is 216 g/mol. The molecule has 0 rings (SSSR count). The normalized spacial score (nSPS) is 9.81. The van der Waals surface area contributed by atoms with Gasteiger partial charge in [0.2, 0.25) is 5.91 Å². The lowest BCUT2D eigenvalue weighted by Gasteiger charge is -2.18. The van der Waals surface area contributed by atoms with Crippen LogP contribution in [0.25, 0.3) is 0 Å². The van der Waals surface area contributed by atoms with Crippen LogP contribution in [0.15, 0.2) is 0 Å². The first kappa shape index (κ1) is 14.4. The highest BCUT2D eigenvalue weighted by Gasteiger charge is 2.18. The van der Waals surface area contributed by atoms with E-state index in [0.717, 1.165) is 11.3 Å². The van der Waals surface area contributed by atoms with Crippen LogP contribution in [0.2, 0.25) is 0 Å². The fraction of sp³-hybridized carbons (Fsp3) is 0.667. The van der Waals surface area contributed by atoms with Crippen LogP contribution >= 0.6 is 0 Å². The number of carbonyl (C=O) groups excluding carboxylic acids is 1. The third-order valence-electron chi connectivity index (χ3n) is 1.71. The third-order valence-corrected chi connectivity index (χ3v) is 1.71. The van der Waals surface area contributed by atoms with E-state index >= 15 is 0 Å². The number of nitrogens with zero attached hydrogens (tertiary/aromatic N) is 1. The molecule has 0 unspecified atom stereocenters. The number of hydrogen-bond acceptors (Lipinski definition) is 4. The predicted octanol–water partition coefficient (Wildman–Crippen LogP) is -1.02. The maximum absolute atomic E-state index is 11.4. The minimum atomic E-state index is -1.23. The van der Waals surface area contributed by atoms with Crippen molar-refractivity contribution in [3.8, 4) is 0 Å². The van der Waals surface area contributed by atoms with Gasteiger partial charge in [0, 0.05) is 0 Å². The average Bonchev–Trinajstić information content (AvgIpc) is 2.15. The van der Waals surface area contributed by atoms with Crippen molar-refractivity contribution in [3.63, 3.8) is 0 Å². The van der Waals surface area contributed by atoms with E-state index in [2.05, 4.69) is 5.32 Å². The second-order valence-corrected chi connectivity index (χ2v) is 3.21. The van der Waals surface area contributed by atoms with Crippen molar-refractivity contribution >= 4 is 17.8 Å². The Kier molecular flexibility index (Phi) is 6.86. The van der Waals surface area contributed by atoms with Gasteiger partial charge in [-0.15, -0.1) is 0 Å². The van der Waals surface area contributed by atoms with Gasteiger partial charge in [-0.2, -0.15) is 0 Å². The fourth-order valence-electron chi connectivity index (χ4n) is 1.04. The first-order valence-electron chi connectivity index (χ1n) is 4.89. The van der Waals surface area contributed by atoms with E-state index in [1.807, 2.05) is 6.92 Å². The maximum Gasteiger partial charge on any atom is 0.323 e. The largest absolute Gasteiger partial charge is 0.480 e. The van der Waals surface area contributed by atoms with Crippen molar-refractivity contribution < 1.29 is 24.6 Å². The van der Waals surface area contributed by atoms with Crippen LogP contribution in [-0.4, -0.2) is 59.1 Å². The molecule has 16 heavy (non-hydrogen) atoms. The van der Waals surface area contributed by atoms with E-state index < -0.39 is 30.9 Å². The maximum atomic E-state index is 11.4. The molecule has 92 valence electrons. The van der Waals surface area contributed by atoms with Crippen LogP contribution in [0, 0.1) is 0 Å². The lowest BCUT2D eigenvalue weighted by Crippen LogP contribution is -2.43. The summed E-state index contributed by atoms with van der Waals surface area (Å²) in [5.74, 6) is -2.99. The molecule has 0 aliphatic rings. The molecule has 1 amide bonds. The highest BCUT2D eigenvalue weighted by molar-refractivity contribution is 5.86. The van der Waals surface area contributed by atoms with Crippen molar-refractivity contribution in [1.29, 1.82) is 0 Å². The van der Waals surface area contributed by atoms with Crippen LogP contribution in [0.4, 0.5) is 0 Å². The monoisotopic (exact) mass is 232 g/mol. The molecule has 7 heteroatoms. The summed E-state index contributed by atoms with van der Waals surface area (Å²) in [7, 11) is 0. The number of carbonyl (C=O) groups is 3. The molecule has 0 saturated heterocycles. The lowest BCUT2D eigenvalue weighted by atomic mass is 10.4. The van der Waals surface area contributed by atoms with Crippen molar-refractivity contribution in [1.82, 2.24) is 10.2 Å². The molecule has 0 radical (unpaired) electrons. The van der Waals surface area contributed by atoms with Crippen LogP contribution in [0.5, 0.6) is 0 Å². The van der Waals surface area contributed by atoms with Crippen molar-refractivity contribution in [2.75, 3.05) is 26.2 Å². The Hall–Kier alpha value is -1.63. The van der Waals surface area contributed by atoms with Crippen molar-refractivity contribution in [2.24, 2.45) is 0 Å². The van der Waals surface area contributed by atoms with Crippen LogP contribution in [0.1, 0.15) is 13.3 Å². The highest BCUT2D eigenvalue weighted by Crippen LogP contribution is 1.90. The second-order valence-electron chi connectivity index (χ2n) is 3.21. The van der Waals surface area contributed by atoms with E-state index in [9.17, 15) is 14.4 Å². The molecule has 0 aliphatic heterocycles. The topological polar surface area (TPSA) is 107 Å². The third kappa shape index (κ3) is 6.77. The molecule has 0 aromatic rings. The summed E-state index contributed by atoms with van der Waals surface area (Å²) < 4.78 is 0. The standard InChI is InChI=1S/C9H16N2O5/c1-2-3-10-4-7(12)11(5-8(13)14)6-9(15)16/h10H,2-6H2,1H3,(H,13,14)(H,15,16). The minimum Gasteiger partial charge on any atom is -0.480 e. The van der Waals surface area contributed by atoms with Gasteiger partial charge >= 0.3 is 11.9 Å². The number of nitrogens with one attached hydrogen (secondary N) is 1. The number of carboxylic acids is 2. The molecule has 3 N–H and O–H groups in total. The molecule has 0 aromatic heterocycles. The van der Waals surface area contributed by atoms with Crippen LogP contribution < -0.4 is 5.32 Å². The molecular formula is C9H16N2O5. The summed E-state index contributed by atoms with van der Waals surface area (Å²) >= 11 is 0. The SMILES string of the molecule is CCCNCC(=O)N(CC(=O)O)CC(=O)O. The number of hydrogen-bond donors (Lipinski definition) is 3. The Morgan fingerprint density at radius 3 is 2.00 bits per heavy atom. The minimum absolute atomic E-state index is 0.0472. The Morgan fingerprint density at radius 2 is 1.62 bits per heavy atom. The number of rotatable bonds is 8. The average molecular weight is 232 g/mol. The van der Waals surface area contributed by atoms with Gasteiger partial charge in [-0.3, -0.25) is 14.4 Å². The molecule has 0 saturated carbocycles. The summed E-state index contributed by atoms with van der Waals surface area (Å²) in [6.45, 7) is 1.30. The van der Waals surface area contributed by atoms with Gasteiger partial charge in [0.1, 0.15) is 13.1 Å². The van der Waals surface area contributed by atoms with E-state index in [1.165, 1.54) is 0 Å². The van der Waals surface area contributed by atoms with Gasteiger partial charge in [-0.1, -0.05) is 6.92 Å². The van der Waals surface area contributed by atoms with Crippen LogP contribution in [-0.2, 0) is 14.4 Å². The summed E-state index contributed by atoms with van der Waals surface area (Å²) in [5, 5.41) is 19.8. The van der Waals surface area contributed by atoms with Gasteiger partial charge in [0.15, 0.2) is 0 Å². The quantitative estimate of drug-likeness (QED) is 0.463. The van der Waals surface area contributed by atoms with Crippen LogP contribution in [0.3, 0.4) is 0 Å². The molecule has 0 aliphatic carbocycles. The van der Waals surface area contributed by atoms with E-state index in [-0.39, 0.29) is 6.54 Å². The first-order valence-corrected chi connectivity index (χ1v) is 4.89. The van der Waals surface area contributed by atoms with E-state index in [1.54, 1.807) is 0 Å². The molecule has 0 aromatic carbocycles. The highest BCUT2D eigenvalue weighted by atomic mass is 16.4. The lowest BCUT2D eigenvalue weighted by molar-refractivity contribution is -0.149. The van der Waals surface area contributed by atoms with E-state index in [0.29, 0.717) is 6.54 Å². The molecule has 0 bridgehead atoms. The Balaban J connectivity index is 4.20. The molecule has 7 nitrogen and oxygen atoms in total. The first-order chi connectivity index (χ1) is 7.47. The summed E-state index contributed by atoms with van der Waals surface area (Å²) in [6, 6.07) is 0. The summed E-state index contributed by atoms with van der Waals surface area (Å²) in [6.07, 6.45) is 0.838. The zero-order chi connectivity index (χ0) is 12.6. The smallest absolute Gasteiger partial charge is 0.323 e. The zero-order valence-electron chi connectivity index (χ0n) is 9.10. The Bertz CT molecular complexity index is 251. The van der Waals surface area contributed by atoms with Gasteiger partial charge in [-0.05, 0) is 13.0 Å². The molecule has 0 fully saturated rings. The number of carboxylic acid groups (broad SMARTS) is 2. The Labute approximate surface area is 93.0 Å². The van der Waals surface area contributed by atoms with Crippen molar-refractivity contribution in [3.05, 3.63) is 0 Å². The number of amides is 1. The van der Waals surface area contributed by atoms with Gasteiger partial charge in [0.05, 0.1) is 6.54 Å². The van der Waals surface area contributed by atoms with Crippen molar-refractivity contribution in [2.45, 2.75) is 13.3 Å². The summed E-state index contributed by atoms with van der Waals surface area (Å²) in [4.78, 5) is 33.0. The predicted molar refractivity (Wildman–Crippen MR) is 55.0 cm³/mol. The Morgan fingerprint density at radius 1 is 1.12 bits per heavy atom.